The summed E-state index contributed by atoms with van der Waals surface area (Å²) in [6, 6.07) is 0. The summed E-state index contributed by atoms with van der Waals surface area (Å²) in [6.07, 6.45) is 8.12. The second kappa shape index (κ2) is 3.99. The largest absolute Gasteiger partial charge is 0.391 e. The zero-order chi connectivity index (χ0) is 9.90. The van der Waals surface area contributed by atoms with E-state index in [9.17, 15) is 0 Å². The first-order valence-corrected chi connectivity index (χ1v) is 5.18. The van der Waals surface area contributed by atoms with Crippen LogP contribution in [0.3, 0.4) is 0 Å². The first-order valence-electron chi connectivity index (χ1n) is 5.18. The molecule has 0 aromatic rings. The molecule has 0 unspecified atom stereocenters. The molecular weight excluding hydrogens is 158 g/mol. The number of nitrogens with one attached hydrogen (secondary N) is 1. The van der Waals surface area contributed by atoms with Crippen LogP contribution < -0.4 is 5.32 Å². The molecule has 0 heterocycles. The minimum absolute atomic E-state index is 0.385. The molecule has 1 aliphatic carbocycles. The average molecular weight is 179 g/mol. The van der Waals surface area contributed by atoms with Crippen LogP contribution in [-0.2, 0) is 0 Å². The number of allylic oxidation sites excluding steroid dienone is 4. The van der Waals surface area contributed by atoms with Gasteiger partial charge in [-0.05, 0) is 30.8 Å². The van der Waals surface area contributed by atoms with Crippen molar-refractivity contribution in [2.75, 3.05) is 7.05 Å². The first-order chi connectivity index (χ1) is 6.10. The molecule has 0 aromatic carbocycles. The van der Waals surface area contributed by atoms with Gasteiger partial charge in [0.05, 0.1) is 0 Å². The maximum Gasteiger partial charge on any atom is 0.0107 e. The highest BCUT2D eigenvalue weighted by atomic mass is 14.8. The molecule has 0 atom stereocenters. The van der Waals surface area contributed by atoms with Gasteiger partial charge in [0, 0.05) is 12.7 Å². The molecule has 1 aliphatic rings. The molecule has 0 fully saturated rings. The van der Waals surface area contributed by atoms with E-state index in [-0.39, 0.29) is 0 Å². The van der Waals surface area contributed by atoms with Gasteiger partial charge >= 0.3 is 0 Å². The van der Waals surface area contributed by atoms with Crippen molar-refractivity contribution in [1.82, 2.24) is 5.32 Å². The van der Waals surface area contributed by atoms with Gasteiger partial charge in [0.1, 0.15) is 0 Å². The Labute approximate surface area is 81.9 Å². The summed E-state index contributed by atoms with van der Waals surface area (Å²) in [6.45, 7) is 6.92. The van der Waals surface area contributed by atoms with Crippen molar-refractivity contribution in [2.45, 2.75) is 40.0 Å². The molecule has 0 aromatic heterocycles. The lowest BCUT2D eigenvalue weighted by atomic mass is 9.78. The van der Waals surface area contributed by atoms with Crippen molar-refractivity contribution in [3.8, 4) is 0 Å². The summed E-state index contributed by atoms with van der Waals surface area (Å²) in [4.78, 5) is 0. The van der Waals surface area contributed by atoms with E-state index in [2.05, 4.69) is 38.2 Å². The lowest BCUT2D eigenvalue weighted by molar-refractivity contribution is 0.411. The van der Waals surface area contributed by atoms with E-state index in [1.54, 1.807) is 5.57 Å². The van der Waals surface area contributed by atoms with Crippen LogP contribution in [0.1, 0.15) is 40.0 Å². The average Bonchev–Trinajstić information content (AvgIpc) is 2.18. The van der Waals surface area contributed by atoms with Crippen LogP contribution in [0.25, 0.3) is 0 Å². The third-order valence-electron chi connectivity index (χ3n) is 3.22. The Morgan fingerprint density at radius 1 is 1.31 bits per heavy atom. The highest BCUT2D eigenvalue weighted by Crippen LogP contribution is 2.35. The molecule has 1 nitrogen and oxygen atoms in total. The van der Waals surface area contributed by atoms with Gasteiger partial charge in [-0.25, -0.2) is 0 Å². The van der Waals surface area contributed by atoms with Gasteiger partial charge in [0.25, 0.3) is 0 Å². The standard InChI is InChI=1S/C12H21N/c1-5-12(2,3)10-6-8-11(13-4)9-7-10/h6,8,13H,5,7,9H2,1-4H3. The summed E-state index contributed by atoms with van der Waals surface area (Å²) in [5.41, 5.74) is 3.33. The third-order valence-corrected chi connectivity index (χ3v) is 3.22. The van der Waals surface area contributed by atoms with Gasteiger partial charge in [0.15, 0.2) is 0 Å². The number of hydrogen-bond donors (Lipinski definition) is 1. The Kier molecular flexibility index (Phi) is 3.18. The van der Waals surface area contributed by atoms with E-state index in [1.165, 1.54) is 25.0 Å². The molecule has 1 N–H and O–H groups in total. The van der Waals surface area contributed by atoms with Crippen LogP contribution in [0, 0.1) is 5.41 Å². The second-order valence-electron chi connectivity index (χ2n) is 4.37. The van der Waals surface area contributed by atoms with Crippen molar-refractivity contribution >= 4 is 0 Å². The monoisotopic (exact) mass is 179 g/mol. The molecule has 0 aliphatic heterocycles. The summed E-state index contributed by atoms with van der Waals surface area (Å²) in [5, 5.41) is 3.21. The Morgan fingerprint density at radius 2 is 2.00 bits per heavy atom. The highest BCUT2D eigenvalue weighted by Gasteiger charge is 2.21. The minimum atomic E-state index is 0.385. The maximum absolute atomic E-state index is 3.21. The van der Waals surface area contributed by atoms with Gasteiger partial charge in [-0.3, -0.25) is 0 Å². The Hall–Kier alpha value is -0.720. The van der Waals surface area contributed by atoms with Crippen LogP contribution in [-0.4, -0.2) is 7.05 Å². The maximum atomic E-state index is 3.21. The summed E-state index contributed by atoms with van der Waals surface area (Å²) >= 11 is 0. The molecule has 1 rings (SSSR count). The van der Waals surface area contributed by atoms with E-state index in [0.717, 1.165) is 0 Å². The van der Waals surface area contributed by atoms with E-state index >= 15 is 0 Å². The number of rotatable bonds is 3. The fourth-order valence-corrected chi connectivity index (χ4v) is 1.64. The van der Waals surface area contributed by atoms with Crippen LogP contribution in [0.2, 0.25) is 0 Å². The van der Waals surface area contributed by atoms with Crippen molar-refractivity contribution in [3.63, 3.8) is 0 Å². The zero-order valence-corrected chi connectivity index (χ0v) is 9.28. The summed E-state index contributed by atoms with van der Waals surface area (Å²) in [5.74, 6) is 0. The minimum Gasteiger partial charge on any atom is -0.391 e. The number of hydrogen-bond acceptors (Lipinski definition) is 1. The molecular formula is C12H21N. The molecule has 13 heavy (non-hydrogen) atoms. The summed E-state index contributed by atoms with van der Waals surface area (Å²) < 4.78 is 0. The SMILES string of the molecule is CCC(C)(C)C1=CC=C(NC)CC1. The second-order valence-corrected chi connectivity index (χ2v) is 4.37. The van der Waals surface area contributed by atoms with Crippen LogP contribution in [0.5, 0.6) is 0 Å². The van der Waals surface area contributed by atoms with Crippen LogP contribution >= 0.6 is 0 Å². The fourth-order valence-electron chi connectivity index (χ4n) is 1.64. The molecule has 0 radical (unpaired) electrons. The van der Waals surface area contributed by atoms with Gasteiger partial charge in [0.2, 0.25) is 0 Å². The van der Waals surface area contributed by atoms with Crippen LogP contribution in [0.15, 0.2) is 23.4 Å². The Bertz CT molecular complexity index is 234. The van der Waals surface area contributed by atoms with E-state index in [1.807, 2.05) is 7.05 Å². The Balaban J connectivity index is 2.75. The van der Waals surface area contributed by atoms with Gasteiger partial charge in [-0.15, -0.1) is 0 Å². The predicted octanol–water partition coefficient (Wildman–Crippen LogP) is 3.25. The molecule has 0 saturated heterocycles. The molecule has 0 saturated carbocycles. The van der Waals surface area contributed by atoms with Crippen molar-refractivity contribution < 1.29 is 0 Å². The van der Waals surface area contributed by atoms with E-state index < -0.39 is 0 Å². The van der Waals surface area contributed by atoms with Crippen molar-refractivity contribution in [1.29, 1.82) is 0 Å². The summed E-state index contributed by atoms with van der Waals surface area (Å²) in [7, 11) is 2.00. The van der Waals surface area contributed by atoms with Crippen molar-refractivity contribution in [2.24, 2.45) is 5.41 Å². The predicted molar refractivity (Wildman–Crippen MR) is 58.5 cm³/mol. The van der Waals surface area contributed by atoms with Gasteiger partial charge in [-0.2, -0.15) is 0 Å². The van der Waals surface area contributed by atoms with E-state index in [0.29, 0.717) is 5.41 Å². The highest BCUT2D eigenvalue weighted by molar-refractivity contribution is 5.26. The third kappa shape index (κ3) is 2.36. The molecule has 1 heteroatoms. The zero-order valence-electron chi connectivity index (χ0n) is 9.28. The quantitative estimate of drug-likeness (QED) is 0.701. The molecule has 0 spiro atoms. The normalized spacial score (nSPS) is 17.8. The Morgan fingerprint density at radius 3 is 2.38 bits per heavy atom. The molecule has 0 amide bonds. The topological polar surface area (TPSA) is 12.0 Å². The lowest BCUT2D eigenvalue weighted by Crippen LogP contribution is -2.17. The van der Waals surface area contributed by atoms with Gasteiger partial charge in [-0.1, -0.05) is 32.4 Å². The van der Waals surface area contributed by atoms with Gasteiger partial charge < -0.3 is 5.32 Å². The van der Waals surface area contributed by atoms with Crippen LogP contribution in [0.4, 0.5) is 0 Å². The van der Waals surface area contributed by atoms with Crippen molar-refractivity contribution in [3.05, 3.63) is 23.4 Å². The lowest BCUT2D eigenvalue weighted by Gasteiger charge is -2.29. The molecule has 74 valence electrons. The molecule has 0 bridgehead atoms. The van der Waals surface area contributed by atoms with E-state index in [4.69, 9.17) is 0 Å². The first kappa shape index (κ1) is 10.4. The fraction of sp³-hybridized carbons (Fsp3) is 0.667. The smallest absolute Gasteiger partial charge is 0.0107 e.